The molecule has 1 saturated carbocycles. The third-order valence-corrected chi connectivity index (χ3v) is 7.72. The summed E-state index contributed by atoms with van der Waals surface area (Å²) in [5.41, 5.74) is 1.21. The van der Waals surface area contributed by atoms with E-state index >= 15 is 0 Å². The van der Waals surface area contributed by atoms with Crippen molar-refractivity contribution in [2.45, 2.75) is 10.8 Å². The van der Waals surface area contributed by atoms with Crippen molar-refractivity contribution in [3.63, 3.8) is 0 Å². The molecule has 2 fully saturated rings. The Morgan fingerprint density at radius 1 is 0.588 bits per heavy atom. The lowest BCUT2D eigenvalue weighted by molar-refractivity contribution is -0.124. The van der Waals surface area contributed by atoms with E-state index in [1.54, 1.807) is 36.4 Å². The highest BCUT2D eigenvalue weighted by Gasteiger charge is 2.89. The molecule has 5 heteroatoms. The van der Waals surface area contributed by atoms with E-state index in [2.05, 4.69) is 0 Å². The number of piperidine rings is 1. The molecule has 6 rings (SSSR count). The predicted octanol–water partition coefficient (Wildman–Crippen LogP) is 6.42. The number of amides is 2. The van der Waals surface area contributed by atoms with Crippen LogP contribution in [0.15, 0.2) is 109 Å². The third-order valence-electron chi connectivity index (χ3n) is 7.24. The summed E-state index contributed by atoms with van der Waals surface area (Å²) in [5, 5.41) is 1.04. The van der Waals surface area contributed by atoms with Crippen molar-refractivity contribution in [3.8, 4) is 0 Å². The van der Waals surface area contributed by atoms with E-state index < -0.39 is 16.7 Å². The number of hydrogen-bond donors (Lipinski definition) is 0. The van der Waals surface area contributed by atoms with Gasteiger partial charge in [-0.2, -0.15) is 0 Å². The van der Waals surface area contributed by atoms with Gasteiger partial charge >= 0.3 is 0 Å². The molecule has 4 aromatic rings. The summed E-state index contributed by atoms with van der Waals surface area (Å²) < 4.78 is 0. The number of hydrogen-bond acceptors (Lipinski definition) is 2. The Bertz CT molecular complexity index is 1380. The van der Waals surface area contributed by atoms with E-state index in [1.165, 1.54) is 4.90 Å². The maximum atomic E-state index is 14.5. The lowest BCUT2D eigenvalue weighted by Crippen LogP contribution is -2.44. The van der Waals surface area contributed by atoms with E-state index in [4.69, 9.17) is 23.2 Å². The summed E-state index contributed by atoms with van der Waals surface area (Å²) in [6.45, 7) is 0. The second-order valence-corrected chi connectivity index (χ2v) is 9.62. The van der Waals surface area contributed by atoms with E-state index in [9.17, 15) is 9.59 Å². The number of benzene rings is 4. The van der Waals surface area contributed by atoms with Crippen molar-refractivity contribution in [2.24, 2.45) is 5.92 Å². The molecule has 2 atom stereocenters. The maximum Gasteiger partial charge on any atom is 0.246 e. The van der Waals surface area contributed by atoms with Gasteiger partial charge in [-0.15, -0.1) is 0 Å². The molecule has 2 aliphatic rings. The Morgan fingerprint density at radius 2 is 1.15 bits per heavy atom. The van der Waals surface area contributed by atoms with Crippen LogP contribution in [0, 0.1) is 5.92 Å². The van der Waals surface area contributed by atoms with Gasteiger partial charge in [0.1, 0.15) is 5.41 Å². The number of carbonyl (C=O) groups is 2. The Kier molecular flexibility index (Phi) is 4.70. The van der Waals surface area contributed by atoms with Crippen molar-refractivity contribution >= 4 is 40.7 Å². The van der Waals surface area contributed by atoms with Gasteiger partial charge in [0.05, 0.1) is 17.0 Å². The third kappa shape index (κ3) is 2.60. The minimum absolute atomic E-state index is 0.227. The fourth-order valence-electron chi connectivity index (χ4n) is 5.99. The van der Waals surface area contributed by atoms with E-state index in [1.807, 2.05) is 72.8 Å². The SMILES string of the molecule is O=C1C2C(c3ccc(Cl)cc3)(C(=O)N1c1cccc(Cl)c1)C2(c1ccccc1)c1ccccc1. The van der Waals surface area contributed by atoms with Crippen LogP contribution in [0.2, 0.25) is 10.0 Å². The predicted molar refractivity (Wildman–Crippen MR) is 134 cm³/mol. The summed E-state index contributed by atoms with van der Waals surface area (Å²) >= 11 is 12.4. The van der Waals surface area contributed by atoms with Gasteiger partial charge in [0, 0.05) is 10.0 Å². The van der Waals surface area contributed by atoms with E-state index in [0.29, 0.717) is 15.7 Å². The average molecular weight is 484 g/mol. The van der Waals surface area contributed by atoms with Gasteiger partial charge in [0.25, 0.3) is 0 Å². The number of carbonyl (C=O) groups excluding carboxylic acids is 2. The minimum atomic E-state index is -1.10. The van der Waals surface area contributed by atoms with Crippen LogP contribution in [0.3, 0.4) is 0 Å². The molecule has 0 spiro atoms. The number of anilines is 1. The molecule has 3 nitrogen and oxygen atoms in total. The number of nitrogens with zero attached hydrogens (tertiary/aromatic N) is 1. The van der Waals surface area contributed by atoms with Gasteiger partial charge in [0.2, 0.25) is 11.8 Å². The van der Waals surface area contributed by atoms with E-state index in [-0.39, 0.29) is 11.8 Å². The summed E-state index contributed by atoms with van der Waals surface area (Å²) in [7, 11) is 0. The van der Waals surface area contributed by atoms with Gasteiger partial charge in [-0.3, -0.25) is 9.59 Å². The van der Waals surface area contributed by atoms with Crippen molar-refractivity contribution in [3.05, 3.63) is 136 Å². The van der Waals surface area contributed by atoms with Crippen LogP contribution in [0.25, 0.3) is 0 Å². The molecule has 34 heavy (non-hydrogen) atoms. The molecule has 1 aliphatic carbocycles. The summed E-state index contributed by atoms with van der Waals surface area (Å²) in [6, 6.07) is 33.9. The highest BCUT2D eigenvalue weighted by molar-refractivity contribution is 6.34. The second kappa shape index (κ2) is 7.56. The molecule has 166 valence electrons. The smallest absolute Gasteiger partial charge is 0.246 e. The van der Waals surface area contributed by atoms with E-state index in [0.717, 1.165) is 16.7 Å². The molecule has 1 saturated heterocycles. The van der Waals surface area contributed by atoms with Gasteiger partial charge in [-0.05, 0) is 47.0 Å². The molecule has 1 aliphatic heterocycles. The fraction of sp³-hybridized carbons (Fsp3) is 0.103. The van der Waals surface area contributed by atoms with Crippen LogP contribution < -0.4 is 4.90 Å². The molecule has 0 aromatic heterocycles. The van der Waals surface area contributed by atoms with Gasteiger partial charge in [-0.25, -0.2) is 4.90 Å². The van der Waals surface area contributed by atoms with Crippen LogP contribution in [-0.2, 0) is 20.4 Å². The highest BCUT2D eigenvalue weighted by Crippen LogP contribution is 2.77. The first kappa shape index (κ1) is 21.2. The molecule has 0 radical (unpaired) electrons. The van der Waals surface area contributed by atoms with Gasteiger partial charge < -0.3 is 0 Å². The second-order valence-electron chi connectivity index (χ2n) is 8.75. The molecule has 0 N–H and O–H groups in total. The Balaban J connectivity index is 1.65. The monoisotopic (exact) mass is 483 g/mol. The zero-order valence-electron chi connectivity index (χ0n) is 18.0. The Hall–Kier alpha value is -3.40. The molecule has 1 heterocycles. The molecule has 2 amide bonds. The van der Waals surface area contributed by atoms with Crippen LogP contribution in [-0.4, -0.2) is 11.8 Å². The average Bonchev–Trinajstić information content (AvgIpc) is 3.45. The zero-order chi connectivity index (χ0) is 23.5. The number of halogens is 2. The first-order valence-corrected chi connectivity index (χ1v) is 11.8. The zero-order valence-corrected chi connectivity index (χ0v) is 19.5. The summed E-state index contributed by atoms with van der Waals surface area (Å²) in [6.07, 6.45) is 0. The van der Waals surface area contributed by atoms with Crippen molar-refractivity contribution < 1.29 is 9.59 Å². The number of imide groups is 1. The Labute approximate surface area is 207 Å². The summed E-state index contributed by atoms with van der Waals surface area (Å²) in [5.74, 6) is -1.08. The van der Waals surface area contributed by atoms with Crippen LogP contribution in [0.5, 0.6) is 0 Å². The van der Waals surface area contributed by atoms with Gasteiger partial charge in [0.15, 0.2) is 0 Å². The first-order chi connectivity index (χ1) is 16.5. The van der Waals surface area contributed by atoms with Crippen molar-refractivity contribution in [2.75, 3.05) is 4.90 Å². The van der Waals surface area contributed by atoms with Crippen LogP contribution in [0.4, 0.5) is 5.69 Å². The maximum absolute atomic E-state index is 14.5. The number of fused-ring (bicyclic) bond motifs is 1. The first-order valence-electron chi connectivity index (χ1n) is 11.0. The lowest BCUT2D eigenvalue weighted by Gasteiger charge is -2.31. The standard InChI is InChI=1S/C29H19Cl2NO2/c30-22-16-14-21(15-17-22)29-25(26(33)32(27(29)34)24-13-7-12-23(31)18-24)28(29,19-8-3-1-4-9-19)20-10-5-2-6-11-20/h1-18,25H. The molecule has 2 unspecified atom stereocenters. The molecule has 4 aromatic carbocycles. The minimum Gasteiger partial charge on any atom is -0.274 e. The highest BCUT2D eigenvalue weighted by atomic mass is 35.5. The van der Waals surface area contributed by atoms with Crippen LogP contribution >= 0.6 is 23.2 Å². The van der Waals surface area contributed by atoms with Crippen molar-refractivity contribution in [1.82, 2.24) is 0 Å². The fourth-order valence-corrected chi connectivity index (χ4v) is 6.30. The van der Waals surface area contributed by atoms with Gasteiger partial charge in [-0.1, -0.05) is 102 Å². The van der Waals surface area contributed by atoms with Crippen LogP contribution in [0.1, 0.15) is 16.7 Å². The topological polar surface area (TPSA) is 37.4 Å². The molecular weight excluding hydrogens is 465 g/mol. The molecule has 0 bridgehead atoms. The quantitative estimate of drug-likeness (QED) is 0.314. The number of rotatable bonds is 4. The lowest BCUT2D eigenvalue weighted by atomic mass is 9.76. The largest absolute Gasteiger partial charge is 0.274 e. The normalized spacial score (nSPS) is 22.5. The molecular formula is C29H19Cl2NO2. The summed E-state index contributed by atoms with van der Waals surface area (Å²) in [4.78, 5) is 29.9. The Morgan fingerprint density at radius 3 is 1.71 bits per heavy atom. The van der Waals surface area contributed by atoms with Crippen molar-refractivity contribution in [1.29, 1.82) is 0 Å².